The Hall–Kier alpha value is 1.09. The van der Waals surface area contributed by atoms with Crippen molar-refractivity contribution in [2.45, 2.75) is 0 Å². The van der Waals surface area contributed by atoms with Crippen molar-refractivity contribution in [3.63, 3.8) is 0 Å². The number of hydrogen-bond acceptors (Lipinski definition) is 18. The van der Waals surface area contributed by atoms with Crippen LogP contribution in [0, 0.1) is 60.7 Å². The Kier molecular flexibility index (Phi) is 584. The summed E-state index contributed by atoms with van der Waals surface area (Å²) in [6.45, 7) is 0. The molecule has 0 aromatic heterocycles. The van der Waals surface area contributed by atoms with Gasteiger partial charge in [-0.1, -0.05) is 0 Å². The average Bonchev–Trinajstić information content (AvgIpc) is 2.23. The van der Waals surface area contributed by atoms with E-state index in [1.165, 1.54) is 0 Å². The van der Waals surface area contributed by atoms with E-state index >= 15 is 0 Å². The van der Waals surface area contributed by atoms with Crippen LogP contribution in [0.15, 0.2) is 32.0 Å². The second kappa shape index (κ2) is 196. The molecule has 0 unspecified atom stereocenters. The van der Waals surface area contributed by atoms with E-state index in [1.807, 2.05) is 0 Å². The third-order valence-corrected chi connectivity index (χ3v) is 0. The summed E-state index contributed by atoms with van der Waals surface area (Å²) in [6, 6.07) is 0. The molecule has 0 aromatic carbocycles. The van der Waals surface area contributed by atoms with Crippen LogP contribution in [-0.4, -0.2) is 27.3 Å². The fraction of sp³-hybridized carbons (Fsp3) is 0. The first-order valence-corrected chi connectivity index (χ1v) is 2.19. The monoisotopic (exact) mass is 620 g/mol. The van der Waals surface area contributed by atoms with Crippen molar-refractivity contribution in [3.05, 3.63) is 60.7 Å². The molecule has 0 heterocycles. The van der Waals surface area contributed by atoms with Crippen LogP contribution in [0.2, 0.25) is 0 Å². The van der Waals surface area contributed by atoms with E-state index in [0.29, 0.717) is 0 Å². The van der Waals surface area contributed by atoms with Gasteiger partial charge in [-0.3, -0.25) is 0 Å². The van der Waals surface area contributed by atoms with Gasteiger partial charge < -0.3 is 60.7 Å². The minimum atomic E-state index is 0. The van der Waals surface area contributed by atoms with Crippen LogP contribution in [0.4, 0.5) is 0 Å². The first-order chi connectivity index (χ1) is 8.49. The molecular formula is K2N6NiO12Pb. The quantitative estimate of drug-likeness (QED) is 0.140. The van der Waals surface area contributed by atoms with Crippen LogP contribution in [-0.2, 0) is 16.5 Å². The average molecular weight is 620 g/mol. The SMILES string of the molecule is O=N[O-].O=N[O-].O=N[O-].O=N[O-].O=N[O-].O=N[O-].[K+].[K+].[Ni+2].[Pb+2]. The summed E-state index contributed by atoms with van der Waals surface area (Å²) in [4.78, 5) is 48.0. The Morgan fingerprint density at radius 3 is 0.409 bits per heavy atom. The predicted molar refractivity (Wildman–Crippen MR) is 60.7 cm³/mol. The van der Waals surface area contributed by atoms with Gasteiger partial charge >= 0.3 is 147 Å². The standard InChI is InChI=1S/2K.6HNO2.Ni.Pb/c;;6*2-1-3;;/h;;6*(H,2,3);;/q2*+1;;;;;;;2*+2/p-6. The smallest absolute Gasteiger partial charge is 0.444 e. The molecule has 0 atom stereocenters. The minimum absolute atomic E-state index is 0. The molecule has 0 aliphatic carbocycles. The Labute approximate surface area is 234 Å². The van der Waals surface area contributed by atoms with E-state index < -0.39 is 0 Å². The zero-order chi connectivity index (χ0) is 16.2. The fourth-order valence-corrected chi connectivity index (χ4v) is 0. The van der Waals surface area contributed by atoms with Crippen molar-refractivity contribution in [1.29, 1.82) is 0 Å². The molecule has 0 saturated heterocycles. The van der Waals surface area contributed by atoms with Gasteiger partial charge in [0, 0.05) is 0 Å². The molecule has 0 aliphatic rings. The van der Waals surface area contributed by atoms with Crippen molar-refractivity contribution in [3.8, 4) is 0 Å². The Balaban J connectivity index is -0.00000000947. The van der Waals surface area contributed by atoms with E-state index in [1.54, 1.807) is 0 Å². The predicted octanol–water partition coefficient (Wildman–Crippen LogP) is -4.87. The molecule has 22 heteroatoms. The number of hydrogen-bond donors (Lipinski definition) is 0. The van der Waals surface area contributed by atoms with Crippen LogP contribution in [0.3, 0.4) is 0 Å². The molecular weight excluding hydrogens is 620 g/mol. The molecule has 118 valence electrons. The normalized spacial score (nSPS) is 3.27. The maximum atomic E-state index is 8.00. The zero-order valence-electron chi connectivity index (χ0n) is 10.4. The van der Waals surface area contributed by atoms with Gasteiger partial charge in [0.05, 0.1) is 0 Å². The maximum Gasteiger partial charge on any atom is 2.00 e. The van der Waals surface area contributed by atoms with Gasteiger partial charge in [-0.25, -0.2) is 0 Å². The van der Waals surface area contributed by atoms with Gasteiger partial charge in [0.2, 0.25) is 0 Å². The summed E-state index contributed by atoms with van der Waals surface area (Å²) >= 11 is 0. The largest absolute Gasteiger partial charge is 2.00 e. The van der Waals surface area contributed by atoms with Gasteiger partial charge in [0.1, 0.15) is 0 Å². The van der Waals surface area contributed by atoms with Crippen molar-refractivity contribution in [1.82, 2.24) is 0 Å². The van der Waals surface area contributed by atoms with E-state index in [-0.39, 0.29) is 147 Å². The van der Waals surface area contributed by atoms with Gasteiger partial charge in [-0.15, -0.1) is 32.0 Å². The van der Waals surface area contributed by atoms with Gasteiger partial charge in [-0.05, 0) is 0 Å². The van der Waals surface area contributed by atoms with Crippen molar-refractivity contribution >= 4 is 27.3 Å². The molecule has 0 aromatic rings. The van der Waals surface area contributed by atoms with Gasteiger partial charge in [-0.2, -0.15) is 0 Å². The first kappa shape index (κ1) is 65.8. The molecule has 0 N–H and O–H groups in total. The summed E-state index contributed by atoms with van der Waals surface area (Å²) in [5.41, 5.74) is 0. The summed E-state index contributed by atoms with van der Waals surface area (Å²) < 4.78 is 0. The number of nitrogens with zero attached hydrogens (tertiary/aromatic N) is 6. The molecule has 0 rings (SSSR count). The molecule has 0 fully saturated rings. The molecule has 0 bridgehead atoms. The van der Waals surface area contributed by atoms with Crippen molar-refractivity contribution in [2.75, 3.05) is 0 Å². The maximum absolute atomic E-state index is 8.00. The van der Waals surface area contributed by atoms with Crippen LogP contribution in [0.1, 0.15) is 0 Å². The summed E-state index contributed by atoms with van der Waals surface area (Å²) in [7, 11) is 0. The van der Waals surface area contributed by atoms with Crippen molar-refractivity contribution in [2.24, 2.45) is 32.0 Å². The second-order valence-electron chi connectivity index (χ2n) is 0.447. The summed E-state index contributed by atoms with van der Waals surface area (Å²) in [5.74, 6) is 0. The molecule has 2 radical (unpaired) electrons. The molecule has 0 spiro atoms. The molecule has 22 heavy (non-hydrogen) atoms. The number of rotatable bonds is 0. The molecule has 0 amide bonds. The van der Waals surface area contributed by atoms with Crippen LogP contribution in [0.5, 0.6) is 0 Å². The van der Waals surface area contributed by atoms with Gasteiger partial charge in [0.15, 0.2) is 0 Å². The Bertz CT molecular complexity index is 129. The summed E-state index contributed by atoms with van der Waals surface area (Å²) in [6.07, 6.45) is 0. The van der Waals surface area contributed by atoms with E-state index in [4.69, 9.17) is 60.7 Å². The van der Waals surface area contributed by atoms with E-state index in [0.717, 1.165) is 32.0 Å². The van der Waals surface area contributed by atoms with Crippen LogP contribution < -0.4 is 103 Å². The molecule has 18 nitrogen and oxygen atoms in total. The molecule has 0 aliphatic heterocycles. The zero-order valence-corrected chi connectivity index (χ0v) is 21.5. The second-order valence-corrected chi connectivity index (χ2v) is 0.447. The van der Waals surface area contributed by atoms with Crippen molar-refractivity contribution < 1.29 is 119 Å². The summed E-state index contributed by atoms with van der Waals surface area (Å²) in [5, 5.41) is 54.0. The van der Waals surface area contributed by atoms with Crippen LogP contribution >= 0.6 is 0 Å². The third kappa shape index (κ3) is 7180. The topological polar surface area (TPSA) is 315 Å². The van der Waals surface area contributed by atoms with Crippen LogP contribution in [0.25, 0.3) is 0 Å². The first-order valence-electron chi connectivity index (χ1n) is 2.19. The Morgan fingerprint density at radius 2 is 0.409 bits per heavy atom. The van der Waals surface area contributed by atoms with E-state index in [9.17, 15) is 0 Å². The van der Waals surface area contributed by atoms with Gasteiger partial charge in [0.25, 0.3) is 0 Å². The minimum Gasteiger partial charge on any atom is -0.444 e. The van der Waals surface area contributed by atoms with E-state index in [2.05, 4.69) is 0 Å². The Morgan fingerprint density at radius 1 is 0.409 bits per heavy atom. The fourth-order valence-electron chi connectivity index (χ4n) is 0. The molecule has 0 saturated carbocycles. The third-order valence-electron chi connectivity index (χ3n) is 0.